The highest BCUT2D eigenvalue weighted by atomic mass is 32.2. The summed E-state index contributed by atoms with van der Waals surface area (Å²) in [5.41, 5.74) is 2.66. The molecule has 4 N–H and O–H groups in total. The maximum atomic E-state index is 9.73. The van der Waals surface area contributed by atoms with Gasteiger partial charge in [0.1, 0.15) is 5.69 Å². The number of thioether (sulfide) groups is 1. The molecule has 6 nitrogen and oxygen atoms in total. The zero-order chi connectivity index (χ0) is 13.7. The van der Waals surface area contributed by atoms with E-state index in [2.05, 4.69) is 20.3 Å². The Hall–Kier alpha value is -1.15. The lowest BCUT2D eigenvalue weighted by molar-refractivity contribution is 0.0689. The van der Waals surface area contributed by atoms with Crippen LogP contribution in [0, 0.1) is 0 Å². The molecule has 0 aromatic heterocycles. The van der Waals surface area contributed by atoms with Gasteiger partial charge in [-0.3, -0.25) is 4.98 Å². The van der Waals surface area contributed by atoms with E-state index < -0.39 is 6.10 Å². The number of fused-ring (bicyclic) bond motifs is 1. The number of aliphatic hydroxyl groups excluding tert-OH is 2. The van der Waals surface area contributed by atoms with Gasteiger partial charge in [-0.15, -0.1) is 0 Å². The van der Waals surface area contributed by atoms with Crippen molar-refractivity contribution in [1.29, 1.82) is 0 Å². The molecular weight excluding hydrogens is 264 g/mol. The van der Waals surface area contributed by atoms with Crippen LogP contribution in [0.5, 0.6) is 0 Å². The first-order valence-corrected chi connectivity index (χ1v) is 7.43. The highest BCUT2D eigenvalue weighted by Gasteiger charge is 2.19. The zero-order valence-electron chi connectivity index (χ0n) is 10.7. The molecule has 2 heterocycles. The maximum absolute atomic E-state index is 9.73. The monoisotopic (exact) mass is 282 g/mol. The lowest BCUT2D eigenvalue weighted by Crippen LogP contribution is -2.43. The average molecular weight is 282 g/mol. The van der Waals surface area contributed by atoms with E-state index in [1.54, 1.807) is 30.5 Å². The molecular formula is C12H18N4O2S. The van der Waals surface area contributed by atoms with Crippen molar-refractivity contribution < 1.29 is 10.2 Å². The number of aliphatic hydroxyl groups is 2. The van der Waals surface area contributed by atoms with E-state index in [0.29, 0.717) is 6.54 Å². The molecule has 19 heavy (non-hydrogen) atoms. The van der Waals surface area contributed by atoms with Crippen LogP contribution in [0.25, 0.3) is 11.4 Å². The molecule has 0 saturated carbocycles. The second-order valence-electron chi connectivity index (χ2n) is 4.28. The van der Waals surface area contributed by atoms with Crippen LogP contribution >= 0.6 is 11.8 Å². The quantitative estimate of drug-likeness (QED) is 0.575. The van der Waals surface area contributed by atoms with Crippen LogP contribution in [-0.4, -0.2) is 55.9 Å². The molecule has 2 atom stereocenters. The second kappa shape index (κ2) is 6.85. The Bertz CT molecular complexity index is 479. The minimum atomic E-state index is -0.761. The van der Waals surface area contributed by atoms with Crippen molar-refractivity contribution in [2.24, 2.45) is 0 Å². The number of hydrogen-bond acceptors (Lipinski definition) is 6. The molecule has 0 aromatic rings. The predicted octanol–water partition coefficient (Wildman–Crippen LogP) is 0.0839. The molecule has 2 rings (SSSR count). The largest absolute Gasteiger partial charge is 0.394 e. The Morgan fingerprint density at radius 1 is 1.47 bits per heavy atom. The van der Waals surface area contributed by atoms with E-state index in [9.17, 15) is 5.11 Å². The van der Waals surface area contributed by atoms with Gasteiger partial charge in [0.15, 0.2) is 0 Å². The van der Waals surface area contributed by atoms with Crippen LogP contribution in [-0.2, 0) is 6.54 Å². The van der Waals surface area contributed by atoms with Crippen LogP contribution in [0.1, 0.15) is 5.56 Å². The van der Waals surface area contributed by atoms with E-state index in [-0.39, 0.29) is 12.6 Å². The number of aromatic amines is 1. The summed E-state index contributed by atoms with van der Waals surface area (Å²) in [5.74, 6) is 0.731. The number of aromatic nitrogens is 3. The van der Waals surface area contributed by atoms with Crippen LogP contribution in [0.3, 0.4) is 0 Å². The third-order valence-corrected chi connectivity index (χ3v) is 3.64. The van der Waals surface area contributed by atoms with Crippen molar-refractivity contribution in [1.82, 2.24) is 20.3 Å². The smallest absolute Gasteiger partial charge is 0.105 e. The molecule has 7 heteroatoms. The van der Waals surface area contributed by atoms with Gasteiger partial charge in [-0.05, 0) is 6.26 Å². The first-order chi connectivity index (χ1) is 9.26. The Morgan fingerprint density at radius 2 is 2.32 bits per heavy atom. The summed E-state index contributed by atoms with van der Waals surface area (Å²) in [5, 5.41) is 22.0. The molecule has 0 aliphatic carbocycles. The fraction of sp³-hybridized carbons (Fsp3) is 0.500. The Kier molecular flexibility index (Phi) is 5.15. The highest BCUT2D eigenvalue weighted by molar-refractivity contribution is 7.98. The Morgan fingerprint density at radius 3 is 3.05 bits per heavy atom. The van der Waals surface area contributed by atoms with Gasteiger partial charge in [0.25, 0.3) is 0 Å². The number of rotatable bonds is 7. The molecule has 104 valence electrons. The fourth-order valence-corrected chi connectivity index (χ4v) is 2.59. The second-order valence-corrected chi connectivity index (χ2v) is 5.19. The number of H-pyrrole nitrogens is 1. The third kappa shape index (κ3) is 3.44. The van der Waals surface area contributed by atoms with Crippen molar-refractivity contribution in [3.63, 3.8) is 0 Å². The van der Waals surface area contributed by atoms with Crippen molar-refractivity contribution in [2.75, 3.05) is 18.6 Å². The minimum absolute atomic E-state index is 0.153. The van der Waals surface area contributed by atoms with Gasteiger partial charge in [-0.2, -0.15) is 11.8 Å². The summed E-state index contributed by atoms with van der Waals surface area (Å²) in [4.78, 5) is 11.4. The van der Waals surface area contributed by atoms with Crippen molar-refractivity contribution in [2.45, 2.75) is 18.7 Å². The first-order valence-electron chi connectivity index (χ1n) is 6.04. The number of hydrogen-bond donors (Lipinski definition) is 4. The topological polar surface area (TPSA) is 94.1 Å². The average Bonchev–Trinajstić information content (AvgIpc) is 2.86. The summed E-state index contributed by atoms with van der Waals surface area (Å²) in [6, 6.07) is -0.153. The van der Waals surface area contributed by atoms with Gasteiger partial charge in [-0.1, -0.05) is 0 Å². The summed E-state index contributed by atoms with van der Waals surface area (Å²) in [6.07, 6.45) is 6.40. The highest BCUT2D eigenvalue weighted by Crippen LogP contribution is 2.20. The van der Waals surface area contributed by atoms with Crippen molar-refractivity contribution in [3.8, 4) is 11.4 Å². The minimum Gasteiger partial charge on any atom is -0.394 e. The third-order valence-electron chi connectivity index (χ3n) is 2.95. The summed E-state index contributed by atoms with van der Waals surface area (Å²) < 4.78 is 0. The Labute approximate surface area is 116 Å². The van der Waals surface area contributed by atoms with E-state index in [4.69, 9.17) is 5.11 Å². The molecule has 0 aromatic carbocycles. The zero-order valence-corrected chi connectivity index (χ0v) is 11.5. The van der Waals surface area contributed by atoms with E-state index in [1.165, 1.54) is 0 Å². The molecule has 0 spiro atoms. The normalized spacial score (nSPS) is 14.7. The van der Waals surface area contributed by atoms with Gasteiger partial charge in [-0.25, -0.2) is 4.98 Å². The summed E-state index contributed by atoms with van der Waals surface area (Å²) >= 11 is 1.62. The fourth-order valence-electron chi connectivity index (χ4n) is 1.89. The van der Waals surface area contributed by atoms with Gasteiger partial charge in [0.05, 0.1) is 24.7 Å². The van der Waals surface area contributed by atoms with E-state index in [1.807, 2.05) is 6.26 Å². The summed E-state index contributed by atoms with van der Waals surface area (Å²) in [7, 11) is 0. The first kappa shape index (κ1) is 14.3. The standard InChI is InChI=1S/C12H18N4O2S/c1-19-6-10(11(18)5-17)15-3-8-2-14-9-4-13-7-16-12(8)9/h2,4,7,10-11,15,17-18H,3,5-6H2,1H3,(H,13,16). The van der Waals surface area contributed by atoms with Gasteiger partial charge in [0, 0.05) is 36.3 Å². The lowest BCUT2D eigenvalue weighted by Gasteiger charge is -2.21. The van der Waals surface area contributed by atoms with Crippen LogP contribution in [0.4, 0.5) is 0 Å². The van der Waals surface area contributed by atoms with Crippen LogP contribution in [0.15, 0.2) is 18.7 Å². The molecule has 0 radical (unpaired) electrons. The molecule has 0 amide bonds. The molecule has 0 fully saturated rings. The van der Waals surface area contributed by atoms with Crippen LogP contribution < -0.4 is 5.32 Å². The molecule has 0 bridgehead atoms. The molecule has 2 unspecified atom stereocenters. The Balaban J connectivity index is 2.01. The van der Waals surface area contributed by atoms with Crippen LogP contribution in [0.2, 0.25) is 0 Å². The molecule has 2 aliphatic rings. The lowest BCUT2D eigenvalue weighted by atomic mass is 10.1. The predicted molar refractivity (Wildman–Crippen MR) is 75.1 cm³/mol. The summed E-state index contributed by atoms with van der Waals surface area (Å²) in [6.45, 7) is 0.321. The maximum Gasteiger partial charge on any atom is 0.105 e. The van der Waals surface area contributed by atoms with Crippen molar-refractivity contribution >= 4 is 11.8 Å². The van der Waals surface area contributed by atoms with Gasteiger partial charge < -0.3 is 20.5 Å². The van der Waals surface area contributed by atoms with Gasteiger partial charge in [0.2, 0.25) is 0 Å². The van der Waals surface area contributed by atoms with Gasteiger partial charge >= 0.3 is 0 Å². The molecule has 2 aliphatic heterocycles. The molecule has 0 saturated heterocycles. The van der Waals surface area contributed by atoms with E-state index in [0.717, 1.165) is 22.7 Å². The van der Waals surface area contributed by atoms with E-state index >= 15 is 0 Å². The number of nitrogens with zero attached hydrogens (tertiary/aromatic N) is 2. The SMILES string of the molecule is CSCC(NCc1cnc2c[nH]cnc1-2)C(O)CO. The van der Waals surface area contributed by atoms with Crippen molar-refractivity contribution in [3.05, 3.63) is 24.3 Å². The number of nitrogens with one attached hydrogen (secondary N) is 2.